The van der Waals surface area contributed by atoms with Crippen LogP contribution >= 0.6 is 0 Å². The highest BCUT2D eigenvalue weighted by Gasteiger charge is 2.25. The lowest BCUT2D eigenvalue weighted by molar-refractivity contribution is 0.124. The molecule has 1 fully saturated rings. The number of guanidine groups is 1. The Balaban J connectivity index is 1.58. The maximum atomic E-state index is 14.9. The number of benzene rings is 1. The highest BCUT2D eigenvalue weighted by atomic mass is 19.1. The summed E-state index contributed by atoms with van der Waals surface area (Å²) in [7, 11) is 3.93. The standard InChI is InChI=1S/C20H25FN8O3/c1-28(2)6-7-32-27-15-10-29(11-15)19-24-8-14(9-25-19)16-5-3-4-13(17(16)21)12-31-20(30)26-18(22)23/h3-5,8-9H,6-7,10-12H2,1-2H3,(H4,22,23,26,30). The van der Waals surface area contributed by atoms with Crippen LogP contribution in [-0.4, -0.2) is 73.0 Å². The summed E-state index contributed by atoms with van der Waals surface area (Å²) in [5, 5.41) is 13.0. The fourth-order valence-corrected chi connectivity index (χ4v) is 2.78. The van der Waals surface area contributed by atoms with E-state index in [-0.39, 0.29) is 17.7 Å². The zero-order valence-corrected chi connectivity index (χ0v) is 17.8. The molecule has 2 heterocycles. The smallest absolute Gasteiger partial charge is 0.414 e. The molecule has 4 N–H and O–H groups in total. The van der Waals surface area contributed by atoms with E-state index >= 15 is 0 Å². The molecule has 0 atom stereocenters. The van der Waals surface area contributed by atoms with Crippen LogP contribution < -0.4 is 16.0 Å². The van der Waals surface area contributed by atoms with E-state index in [2.05, 4.69) is 15.1 Å². The molecule has 11 nitrogen and oxygen atoms in total. The van der Waals surface area contributed by atoms with Crippen LogP contribution in [0.25, 0.3) is 11.1 Å². The summed E-state index contributed by atoms with van der Waals surface area (Å²) in [5.74, 6) is -0.589. The van der Waals surface area contributed by atoms with Gasteiger partial charge in [-0.15, -0.1) is 0 Å². The third-order valence-electron chi connectivity index (χ3n) is 4.48. The number of likely N-dealkylation sites (N-methyl/N-ethyl adjacent to an activating group) is 1. The van der Waals surface area contributed by atoms with Crippen LogP contribution in [0.1, 0.15) is 5.56 Å². The zero-order valence-electron chi connectivity index (χ0n) is 17.8. The van der Waals surface area contributed by atoms with Crippen LogP contribution in [0.2, 0.25) is 0 Å². The molecule has 0 bridgehead atoms. The number of halogens is 1. The Morgan fingerprint density at radius 1 is 1.34 bits per heavy atom. The van der Waals surface area contributed by atoms with Crippen molar-refractivity contribution in [3.05, 3.63) is 42.0 Å². The number of nitrogens with two attached hydrogens (primary N) is 1. The average Bonchev–Trinajstić information content (AvgIpc) is 2.71. The number of nitrogens with zero attached hydrogens (tertiary/aromatic N) is 5. The molecule has 1 saturated heterocycles. The van der Waals surface area contributed by atoms with Crippen LogP contribution in [0.3, 0.4) is 0 Å². The monoisotopic (exact) mass is 444 g/mol. The molecule has 2 aromatic rings. The van der Waals surface area contributed by atoms with E-state index in [1.165, 1.54) is 18.5 Å². The van der Waals surface area contributed by atoms with E-state index in [1.54, 1.807) is 12.1 Å². The van der Waals surface area contributed by atoms with Crippen molar-refractivity contribution in [3.8, 4) is 11.1 Å². The van der Waals surface area contributed by atoms with Crippen molar-refractivity contribution in [2.24, 2.45) is 10.9 Å². The minimum atomic E-state index is -0.935. The molecule has 32 heavy (non-hydrogen) atoms. The molecule has 3 rings (SSSR count). The van der Waals surface area contributed by atoms with Gasteiger partial charge in [-0.25, -0.2) is 19.2 Å². The molecule has 0 unspecified atom stereocenters. The normalized spacial score (nSPS) is 12.9. The minimum Gasteiger partial charge on any atom is -0.444 e. The maximum absolute atomic E-state index is 14.9. The van der Waals surface area contributed by atoms with Gasteiger partial charge in [-0.1, -0.05) is 23.4 Å². The number of amides is 1. The molecule has 1 aromatic heterocycles. The van der Waals surface area contributed by atoms with E-state index in [0.717, 1.165) is 12.3 Å². The van der Waals surface area contributed by atoms with Crippen LogP contribution in [-0.2, 0) is 16.2 Å². The molecule has 0 spiro atoms. The van der Waals surface area contributed by atoms with Gasteiger partial charge < -0.3 is 25.1 Å². The molecule has 1 aliphatic rings. The summed E-state index contributed by atoms with van der Waals surface area (Å²) in [6.45, 7) is 2.15. The number of hydrogen-bond donors (Lipinski definition) is 3. The van der Waals surface area contributed by atoms with Crippen molar-refractivity contribution in [2.45, 2.75) is 6.61 Å². The van der Waals surface area contributed by atoms with Crippen molar-refractivity contribution in [3.63, 3.8) is 0 Å². The van der Waals surface area contributed by atoms with Gasteiger partial charge in [0.15, 0.2) is 5.96 Å². The van der Waals surface area contributed by atoms with Crippen molar-refractivity contribution in [2.75, 3.05) is 45.2 Å². The van der Waals surface area contributed by atoms with Crippen LogP contribution in [0.15, 0.2) is 35.7 Å². The number of aromatic nitrogens is 2. The molecule has 170 valence electrons. The largest absolute Gasteiger partial charge is 0.444 e. The first-order valence-corrected chi connectivity index (χ1v) is 9.78. The molecule has 1 aliphatic heterocycles. The summed E-state index contributed by atoms with van der Waals surface area (Å²) >= 11 is 0. The molecule has 0 radical (unpaired) electrons. The molecule has 1 aromatic carbocycles. The van der Waals surface area contributed by atoms with Gasteiger partial charge in [-0.05, 0) is 14.1 Å². The first kappa shape index (κ1) is 22.9. The van der Waals surface area contributed by atoms with Crippen LogP contribution in [0.5, 0.6) is 0 Å². The molecule has 12 heteroatoms. The van der Waals surface area contributed by atoms with Gasteiger partial charge in [0.2, 0.25) is 5.95 Å². The minimum absolute atomic E-state index is 0.170. The number of hydrogen-bond acceptors (Lipinski definition) is 9. The van der Waals surface area contributed by atoms with Crippen LogP contribution in [0, 0.1) is 11.2 Å². The van der Waals surface area contributed by atoms with Crippen LogP contribution in [0.4, 0.5) is 15.1 Å². The van der Waals surface area contributed by atoms with E-state index in [0.29, 0.717) is 31.2 Å². The number of oxime groups is 1. The van der Waals surface area contributed by atoms with Gasteiger partial charge in [-0.3, -0.25) is 10.7 Å². The lowest BCUT2D eigenvalue weighted by Crippen LogP contribution is -2.48. The lowest BCUT2D eigenvalue weighted by atomic mass is 10.1. The van der Waals surface area contributed by atoms with Gasteiger partial charge >= 0.3 is 6.09 Å². The number of nitrogens with one attached hydrogen (secondary N) is 2. The number of carbonyl (C=O) groups excluding carboxylic acids is 1. The third kappa shape index (κ3) is 6.11. The number of carbonyl (C=O) groups is 1. The van der Waals surface area contributed by atoms with Gasteiger partial charge in [0.05, 0.1) is 18.8 Å². The van der Waals surface area contributed by atoms with E-state index in [1.807, 2.05) is 29.2 Å². The summed E-state index contributed by atoms with van der Waals surface area (Å²) in [6.07, 6.45) is 2.14. The Morgan fingerprint density at radius 3 is 2.72 bits per heavy atom. The van der Waals surface area contributed by atoms with E-state index in [9.17, 15) is 9.18 Å². The SMILES string of the molecule is CN(C)CCON=C1CN(c2ncc(-c3cccc(COC(=O)NC(=N)N)c3F)cn2)C1. The lowest BCUT2D eigenvalue weighted by Gasteiger charge is -2.31. The van der Waals surface area contributed by atoms with Gasteiger partial charge in [0, 0.05) is 35.6 Å². The van der Waals surface area contributed by atoms with Crippen molar-refractivity contribution in [1.82, 2.24) is 20.2 Å². The second kappa shape index (κ2) is 10.5. The number of alkyl carbamates (subject to hydrolysis) is 1. The first-order valence-electron chi connectivity index (χ1n) is 9.78. The molecular weight excluding hydrogens is 419 g/mol. The second-order valence-electron chi connectivity index (χ2n) is 7.32. The Labute approximate surface area is 184 Å². The topological polar surface area (TPSA) is 142 Å². The second-order valence-corrected chi connectivity index (χ2v) is 7.32. The fourth-order valence-electron chi connectivity index (χ4n) is 2.78. The molecule has 0 aliphatic carbocycles. The van der Waals surface area contributed by atoms with Crippen molar-refractivity contribution >= 4 is 23.7 Å². The van der Waals surface area contributed by atoms with E-state index < -0.39 is 17.9 Å². The third-order valence-corrected chi connectivity index (χ3v) is 4.48. The van der Waals surface area contributed by atoms with Gasteiger partial charge in [0.25, 0.3) is 0 Å². The Bertz CT molecular complexity index is 989. The molecular formula is C20H25FN8O3. The average molecular weight is 444 g/mol. The van der Waals surface area contributed by atoms with Gasteiger partial charge in [0.1, 0.15) is 19.0 Å². The summed E-state index contributed by atoms with van der Waals surface area (Å²) in [6, 6.07) is 4.73. The number of anilines is 1. The summed E-state index contributed by atoms with van der Waals surface area (Å²) in [4.78, 5) is 29.3. The predicted octanol–water partition coefficient (Wildman–Crippen LogP) is 1.16. The highest BCUT2D eigenvalue weighted by Crippen LogP contribution is 2.25. The highest BCUT2D eigenvalue weighted by molar-refractivity contribution is 5.98. The Morgan fingerprint density at radius 2 is 2.06 bits per heavy atom. The first-order chi connectivity index (χ1) is 15.3. The number of rotatable bonds is 8. The molecule has 1 amide bonds. The van der Waals surface area contributed by atoms with Crippen molar-refractivity contribution < 1.29 is 18.8 Å². The number of ether oxygens (including phenoxy) is 1. The summed E-state index contributed by atoms with van der Waals surface area (Å²) in [5.41, 5.74) is 6.90. The quantitative estimate of drug-likeness (QED) is 0.238. The Kier molecular flexibility index (Phi) is 7.49. The zero-order chi connectivity index (χ0) is 23.1. The predicted molar refractivity (Wildman–Crippen MR) is 117 cm³/mol. The molecule has 0 saturated carbocycles. The van der Waals surface area contributed by atoms with Gasteiger partial charge in [-0.2, -0.15) is 0 Å². The maximum Gasteiger partial charge on any atom is 0.414 e. The van der Waals surface area contributed by atoms with E-state index in [4.69, 9.17) is 20.7 Å². The Hall–Kier alpha value is -3.80. The summed E-state index contributed by atoms with van der Waals surface area (Å²) < 4.78 is 19.7. The van der Waals surface area contributed by atoms with Crippen molar-refractivity contribution in [1.29, 1.82) is 5.41 Å². The fraction of sp³-hybridized carbons (Fsp3) is 0.350.